The Kier molecular flexibility index (Phi) is 0.754. The smallest absolute Gasteiger partial charge is 0.0681 e. The highest BCUT2D eigenvalue weighted by Crippen LogP contribution is 2.03. The molecule has 1 aromatic rings. The Balaban J connectivity index is 3.56. The second kappa shape index (κ2) is 2.51. The Morgan fingerprint density at radius 2 is 2.00 bits per heavy atom. The molecule has 0 radical (unpaired) electrons. The van der Waals surface area contributed by atoms with E-state index >= 15 is 0 Å². The monoisotopic (exact) mass is 127 g/mol. The first kappa shape index (κ1) is 2.71. The number of nitrogen functional groups attached to an aromatic ring is 1. The van der Waals surface area contributed by atoms with Gasteiger partial charge in [0.2, 0.25) is 0 Å². The highest BCUT2D eigenvalue weighted by molar-refractivity contribution is 5.38. The summed E-state index contributed by atoms with van der Waals surface area (Å²) in [5.74, 6) is 0. The molecule has 0 aliphatic rings. The molecule has 0 aromatic heterocycles. The van der Waals surface area contributed by atoms with Gasteiger partial charge >= 0.3 is 0 Å². The molecule has 2 nitrogen and oxygen atoms in total. The molecule has 0 unspecified atom stereocenters. The second-order valence-electron chi connectivity index (χ2n) is 1.55. The lowest BCUT2D eigenvalue weighted by atomic mass is 10.2. The molecule has 9 heavy (non-hydrogen) atoms. The van der Waals surface area contributed by atoms with E-state index in [1.165, 1.54) is 0 Å². The fraction of sp³-hybridized carbons (Fsp3) is 0.143. The summed E-state index contributed by atoms with van der Waals surface area (Å²) in [7, 11) is 0. The molecule has 0 fully saturated rings. The van der Waals surface area contributed by atoms with E-state index in [9.17, 15) is 0 Å². The van der Waals surface area contributed by atoms with Crippen LogP contribution in [0.5, 0.6) is 0 Å². The van der Waals surface area contributed by atoms with Gasteiger partial charge in [-0.1, -0.05) is 12.1 Å². The SMILES string of the molecule is [2H]c1c([2H])c(CO)c([2H])c([2H])c1N. The molecule has 3 N–H and O–H groups in total. The molecular formula is C7H9NO. The van der Waals surface area contributed by atoms with Crippen LogP contribution in [0.15, 0.2) is 24.2 Å². The summed E-state index contributed by atoms with van der Waals surface area (Å²) in [6, 6.07) is -1.16. The van der Waals surface area contributed by atoms with Gasteiger partial charge in [-0.15, -0.1) is 0 Å². The topological polar surface area (TPSA) is 46.2 Å². The van der Waals surface area contributed by atoms with Gasteiger partial charge in [0, 0.05) is 5.69 Å². The highest BCUT2D eigenvalue weighted by Gasteiger charge is 1.86. The predicted octanol–water partition coefficient (Wildman–Crippen LogP) is 0.761. The highest BCUT2D eigenvalue weighted by atomic mass is 16.3. The molecule has 0 atom stereocenters. The van der Waals surface area contributed by atoms with Gasteiger partial charge in [0.05, 0.1) is 12.1 Å². The molecule has 48 valence electrons. The van der Waals surface area contributed by atoms with Crippen molar-refractivity contribution in [3.63, 3.8) is 0 Å². The van der Waals surface area contributed by atoms with E-state index in [-0.39, 0.29) is 35.4 Å². The van der Waals surface area contributed by atoms with Crippen molar-refractivity contribution < 1.29 is 10.6 Å². The minimum atomic E-state index is -0.518. The van der Waals surface area contributed by atoms with Crippen LogP contribution in [-0.2, 0) is 6.61 Å². The van der Waals surface area contributed by atoms with Crippen LogP contribution in [0.25, 0.3) is 0 Å². The summed E-state index contributed by atoms with van der Waals surface area (Å²) in [5.41, 5.74) is 5.10. The number of aliphatic hydroxyl groups excluding tert-OH is 1. The van der Waals surface area contributed by atoms with Gasteiger partial charge in [-0.3, -0.25) is 0 Å². The van der Waals surface area contributed by atoms with Crippen molar-refractivity contribution in [3.8, 4) is 0 Å². The van der Waals surface area contributed by atoms with Crippen molar-refractivity contribution in [2.45, 2.75) is 6.61 Å². The van der Waals surface area contributed by atoms with E-state index in [1.54, 1.807) is 0 Å². The zero-order valence-electron chi connectivity index (χ0n) is 8.73. The molecule has 0 spiro atoms. The van der Waals surface area contributed by atoms with E-state index in [0.29, 0.717) is 0 Å². The van der Waals surface area contributed by atoms with Gasteiger partial charge in [-0.2, -0.15) is 0 Å². The molecule has 0 bridgehead atoms. The van der Waals surface area contributed by atoms with Crippen LogP contribution in [-0.4, -0.2) is 5.11 Å². The minimum absolute atomic E-state index is 0.0239. The lowest BCUT2D eigenvalue weighted by Gasteiger charge is -1.94. The van der Waals surface area contributed by atoms with Gasteiger partial charge < -0.3 is 10.8 Å². The van der Waals surface area contributed by atoms with E-state index in [2.05, 4.69) is 0 Å². The maximum absolute atomic E-state index is 8.79. The predicted molar refractivity (Wildman–Crippen MR) is 36.8 cm³/mol. The van der Waals surface area contributed by atoms with Gasteiger partial charge in [-0.05, 0) is 17.6 Å². The first-order chi connectivity index (χ1) is 6.00. The number of anilines is 1. The van der Waals surface area contributed by atoms with Crippen molar-refractivity contribution in [2.75, 3.05) is 5.73 Å². The Morgan fingerprint density at radius 3 is 2.44 bits per heavy atom. The van der Waals surface area contributed by atoms with Crippen LogP contribution in [0.4, 0.5) is 5.69 Å². The van der Waals surface area contributed by atoms with E-state index in [1.807, 2.05) is 0 Å². The number of hydrogen-bond acceptors (Lipinski definition) is 2. The summed E-state index contributed by atoms with van der Waals surface area (Å²) in [5, 5.41) is 8.79. The summed E-state index contributed by atoms with van der Waals surface area (Å²) in [6.07, 6.45) is 0. The number of rotatable bonds is 1. The maximum Gasteiger partial charge on any atom is 0.0681 e. The van der Waals surface area contributed by atoms with Crippen LogP contribution in [0.1, 0.15) is 11.0 Å². The first-order valence-electron chi connectivity index (χ1n) is 4.46. The standard InChI is InChI=1S/C7H9NO/c8-7-3-1-6(5-9)2-4-7/h1-4,9H,5,8H2/i1D,2D,3D,4D. The summed E-state index contributed by atoms with van der Waals surface area (Å²) in [4.78, 5) is 0. The van der Waals surface area contributed by atoms with Crippen LogP contribution < -0.4 is 5.73 Å². The summed E-state index contributed by atoms with van der Waals surface area (Å²) < 4.78 is 29.3. The largest absolute Gasteiger partial charge is 0.399 e. The van der Waals surface area contributed by atoms with E-state index < -0.39 is 6.61 Å². The molecule has 0 aliphatic carbocycles. The number of nitrogens with two attached hydrogens (primary N) is 1. The lowest BCUT2D eigenvalue weighted by Crippen LogP contribution is -1.85. The molecule has 0 saturated carbocycles. The van der Waals surface area contributed by atoms with Crippen LogP contribution in [0, 0.1) is 0 Å². The number of benzene rings is 1. The molecule has 1 aromatic carbocycles. The minimum Gasteiger partial charge on any atom is -0.399 e. The molecule has 0 saturated heterocycles. The average Bonchev–Trinajstić information content (AvgIpc) is 2.13. The van der Waals surface area contributed by atoms with Crippen molar-refractivity contribution in [3.05, 3.63) is 29.7 Å². The second-order valence-corrected chi connectivity index (χ2v) is 1.55. The fourth-order valence-electron chi connectivity index (χ4n) is 0.427. The third-order valence-corrected chi connectivity index (χ3v) is 0.854. The van der Waals surface area contributed by atoms with E-state index in [4.69, 9.17) is 16.3 Å². The molecule has 2 heteroatoms. The maximum atomic E-state index is 8.79. The zero-order valence-corrected chi connectivity index (χ0v) is 4.73. The van der Waals surface area contributed by atoms with Gasteiger partial charge in [-0.25, -0.2) is 0 Å². The summed E-state index contributed by atoms with van der Waals surface area (Å²) in [6.45, 7) is -0.518. The Hall–Kier alpha value is -1.02. The van der Waals surface area contributed by atoms with Gasteiger partial charge in [0.25, 0.3) is 0 Å². The van der Waals surface area contributed by atoms with Gasteiger partial charge in [0.15, 0.2) is 0 Å². The van der Waals surface area contributed by atoms with Crippen LogP contribution in [0.3, 0.4) is 0 Å². The van der Waals surface area contributed by atoms with Crippen molar-refractivity contribution in [1.82, 2.24) is 0 Å². The van der Waals surface area contributed by atoms with E-state index in [0.717, 1.165) is 0 Å². The van der Waals surface area contributed by atoms with Crippen molar-refractivity contribution >= 4 is 5.69 Å². The molecular weight excluding hydrogens is 114 g/mol. The lowest BCUT2D eigenvalue weighted by molar-refractivity contribution is 0.282. The van der Waals surface area contributed by atoms with Crippen molar-refractivity contribution in [2.24, 2.45) is 0 Å². The Morgan fingerprint density at radius 1 is 1.44 bits per heavy atom. The molecule has 0 amide bonds. The molecule has 0 heterocycles. The molecule has 1 rings (SSSR count). The van der Waals surface area contributed by atoms with Crippen LogP contribution in [0.2, 0.25) is 0 Å². The zero-order chi connectivity index (χ0) is 10.2. The number of hydrogen-bond donors (Lipinski definition) is 2. The normalized spacial score (nSPS) is 15.7. The third-order valence-electron chi connectivity index (χ3n) is 0.854. The Bertz CT molecular complexity index is 324. The quantitative estimate of drug-likeness (QED) is 0.547. The third kappa shape index (κ3) is 1.44. The number of aliphatic hydroxyl groups is 1. The summed E-state index contributed by atoms with van der Waals surface area (Å²) >= 11 is 0. The Labute approximate surface area is 59.6 Å². The fourth-order valence-corrected chi connectivity index (χ4v) is 0.427. The van der Waals surface area contributed by atoms with Crippen LogP contribution >= 0.6 is 0 Å². The first-order valence-corrected chi connectivity index (χ1v) is 2.46. The molecule has 0 aliphatic heterocycles. The average molecular weight is 127 g/mol. The van der Waals surface area contributed by atoms with Crippen molar-refractivity contribution in [1.29, 1.82) is 0 Å². The van der Waals surface area contributed by atoms with Gasteiger partial charge in [0.1, 0.15) is 0 Å².